The highest BCUT2D eigenvalue weighted by molar-refractivity contribution is 5.95. The minimum atomic E-state index is -0.653. The first-order valence-electron chi connectivity index (χ1n) is 4.51. The summed E-state index contributed by atoms with van der Waals surface area (Å²) in [7, 11) is 0. The third-order valence-corrected chi connectivity index (χ3v) is 2.02. The Morgan fingerprint density at radius 1 is 1.40 bits per heavy atom. The Morgan fingerprint density at radius 2 is 2.13 bits per heavy atom. The SMILES string of the molecule is C/C=C/C(=O)n1c(=O)oc2ccccc21. The molecule has 0 aliphatic rings. The molecule has 0 amide bonds. The zero-order valence-electron chi connectivity index (χ0n) is 8.14. The van der Waals surface area contributed by atoms with Gasteiger partial charge in [0.15, 0.2) is 5.58 Å². The standard InChI is InChI=1S/C11H9NO3/c1-2-5-10(13)12-8-6-3-4-7-9(8)15-11(12)14/h2-7H,1H3/b5-2+. The summed E-state index contributed by atoms with van der Waals surface area (Å²) in [6.07, 6.45) is 2.90. The van der Waals surface area contributed by atoms with Crippen LogP contribution in [-0.4, -0.2) is 10.5 Å². The third kappa shape index (κ3) is 1.50. The van der Waals surface area contributed by atoms with Crippen molar-refractivity contribution in [2.24, 2.45) is 0 Å². The van der Waals surface area contributed by atoms with Gasteiger partial charge >= 0.3 is 5.76 Å². The van der Waals surface area contributed by atoms with Gasteiger partial charge < -0.3 is 4.42 Å². The lowest BCUT2D eigenvalue weighted by Crippen LogP contribution is -2.20. The predicted molar refractivity (Wildman–Crippen MR) is 55.9 cm³/mol. The van der Waals surface area contributed by atoms with E-state index >= 15 is 0 Å². The van der Waals surface area contributed by atoms with Gasteiger partial charge in [0.05, 0.1) is 5.52 Å². The zero-order chi connectivity index (χ0) is 10.8. The van der Waals surface area contributed by atoms with Crippen LogP contribution in [0.5, 0.6) is 0 Å². The van der Waals surface area contributed by atoms with E-state index in [1.54, 1.807) is 37.3 Å². The molecule has 0 atom stereocenters. The van der Waals surface area contributed by atoms with Crippen molar-refractivity contribution in [3.8, 4) is 0 Å². The summed E-state index contributed by atoms with van der Waals surface area (Å²) in [5, 5.41) is 0. The van der Waals surface area contributed by atoms with Gasteiger partial charge in [-0.15, -0.1) is 0 Å². The average Bonchev–Trinajstić information content (AvgIpc) is 2.54. The highest BCUT2D eigenvalue weighted by Crippen LogP contribution is 2.11. The van der Waals surface area contributed by atoms with Crippen LogP contribution in [0.1, 0.15) is 11.7 Å². The van der Waals surface area contributed by atoms with Crippen LogP contribution in [0.3, 0.4) is 0 Å². The molecule has 0 saturated carbocycles. The first-order chi connectivity index (χ1) is 7.24. The van der Waals surface area contributed by atoms with Crippen LogP contribution in [0.2, 0.25) is 0 Å². The largest absolute Gasteiger partial charge is 0.427 e. The lowest BCUT2D eigenvalue weighted by atomic mass is 10.3. The molecular formula is C11H9NO3. The molecular weight excluding hydrogens is 194 g/mol. The van der Waals surface area contributed by atoms with Gasteiger partial charge in [-0.25, -0.2) is 9.36 Å². The van der Waals surface area contributed by atoms with E-state index in [9.17, 15) is 9.59 Å². The quantitative estimate of drug-likeness (QED) is 0.664. The van der Waals surface area contributed by atoms with Crippen LogP contribution in [0.25, 0.3) is 11.1 Å². The molecule has 0 bridgehead atoms. The summed E-state index contributed by atoms with van der Waals surface area (Å²) < 4.78 is 5.93. The maximum Gasteiger partial charge on any atom is 0.427 e. The number of benzene rings is 1. The molecule has 76 valence electrons. The molecule has 0 fully saturated rings. The van der Waals surface area contributed by atoms with E-state index < -0.39 is 11.7 Å². The van der Waals surface area contributed by atoms with Gasteiger partial charge in [-0.3, -0.25) is 4.79 Å². The van der Waals surface area contributed by atoms with E-state index in [0.717, 1.165) is 4.57 Å². The molecule has 2 rings (SSSR count). The van der Waals surface area contributed by atoms with Gasteiger partial charge in [0, 0.05) is 0 Å². The van der Waals surface area contributed by atoms with Crippen LogP contribution in [0.15, 0.2) is 45.6 Å². The van der Waals surface area contributed by atoms with E-state index in [1.807, 2.05) is 0 Å². The smallest absolute Gasteiger partial charge is 0.407 e. The van der Waals surface area contributed by atoms with Gasteiger partial charge in [0.25, 0.3) is 5.91 Å². The molecule has 0 aliphatic heterocycles. The fourth-order valence-corrected chi connectivity index (χ4v) is 1.39. The molecule has 0 N–H and O–H groups in total. The molecule has 4 heteroatoms. The van der Waals surface area contributed by atoms with E-state index in [-0.39, 0.29) is 0 Å². The molecule has 1 heterocycles. The van der Waals surface area contributed by atoms with E-state index in [4.69, 9.17) is 4.42 Å². The zero-order valence-corrected chi connectivity index (χ0v) is 8.14. The minimum Gasteiger partial charge on any atom is -0.407 e. The Kier molecular flexibility index (Phi) is 2.25. The Balaban J connectivity index is 2.74. The van der Waals surface area contributed by atoms with Crippen molar-refractivity contribution < 1.29 is 9.21 Å². The fraction of sp³-hybridized carbons (Fsp3) is 0.0909. The number of hydrogen-bond donors (Lipinski definition) is 0. The molecule has 1 aromatic carbocycles. The van der Waals surface area contributed by atoms with E-state index in [0.29, 0.717) is 11.1 Å². The lowest BCUT2D eigenvalue weighted by Gasteiger charge is -1.93. The predicted octanol–water partition coefficient (Wildman–Crippen LogP) is 1.81. The summed E-state index contributed by atoms with van der Waals surface area (Å²) in [6, 6.07) is 6.81. The second-order valence-electron chi connectivity index (χ2n) is 3.01. The van der Waals surface area contributed by atoms with Crippen LogP contribution < -0.4 is 5.76 Å². The molecule has 0 saturated heterocycles. The Hall–Kier alpha value is -2.10. The first-order valence-corrected chi connectivity index (χ1v) is 4.51. The highest BCUT2D eigenvalue weighted by Gasteiger charge is 2.12. The number of oxazole rings is 1. The second-order valence-corrected chi connectivity index (χ2v) is 3.01. The average molecular weight is 203 g/mol. The molecule has 0 spiro atoms. The molecule has 15 heavy (non-hydrogen) atoms. The summed E-state index contributed by atoms with van der Waals surface area (Å²) in [5.41, 5.74) is 0.908. The van der Waals surface area contributed by atoms with E-state index in [1.165, 1.54) is 6.08 Å². The molecule has 0 aliphatic carbocycles. The normalized spacial score (nSPS) is 11.3. The number of nitrogens with zero attached hydrogens (tertiary/aromatic N) is 1. The first kappa shape index (κ1) is 9.45. The Morgan fingerprint density at radius 3 is 2.87 bits per heavy atom. The minimum absolute atomic E-state index is 0.396. The van der Waals surface area contributed by atoms with Gasteiger partial charge in [-0.1, -0.05) is 18.2 Å². The number of carbonyl (C=O) groups excluding carboxylic acids is 1. The van der Waals surface area contributed by atoms with Crippen LogP contribution in [0, 0.1) is 0 Å². The third-order valence-electron chi connectivity index (χ3n) is 2.02. The number of hydrogen-bond acceptors (Lipinski definition) is 3. The van der Waals surface area contributed by atoms with Crippen molar-refractivity contribution >= 4 is 17.0 Å². The number of allylic oxidation sites excluding steroid dienone is 2. The molecule has 2 aromatic rings. The van der Waals surface area contributed by atoms with Crippen LogP contribution >= 0.6 is 0 Å². The van der Waals surface area contributed by atoms with Crippen molar-refractivity contribution in [3.63, 3.8) is 0 Å². The highest BCUT2D eigenvalue weighted by atomic mass is 16.4. The van der Waals surface area contributed by atoms with Gasteiger partial charge in [-0.05, 0) is 25.1 Å². The van der Waals surface area contributed by atoms with Crippen molar-refractivity contribution in [1.29, 1.82) is 0 Å². The Labute approximate surface area is 85.4 Å². The maximum atomic E-state index is 11.6. The molecule has 0 unspecified atom stereocenters. The van der Waals surface area contributed by atoms with Crippen LogP contribution in [0.4, 0.5) is 0 Å². The Bertz CT molecular complexity index is 589. The van der Waals surface area contributed by atoms with E-state index in [2.05, 4.69) is 0 Å². The monoisotopic (exact) mass is 203 g/mol. The summed E-state index contributed by atoms with van der Waals surface area (Å²) in [5.74, 6) is -1.05. The molecule has 1 aromatic heterocycles. The van der Waals surface area contributed by atoms with Crippen molar-refractivity contribution in [2.75, 3.05) is 0 Å². The van der Waals surface area contributed by atoms with Gasteiger partial charge in [-0.2, -0.15) is 0 Å². The number of fused-ring (bicyclic) bond motifs is 1. The van der Waals surface area contributed by atoms with Gasteiger partial charge in [0.1, 0.15) is 0 Å². The molecule has 0 radical (unpaired) electrons. The second kappa shape index (κ2) is 3.57. The topological polar surface area (TPSA) is 52.2 Å². The van der Waals surface area contributed by atoms with Crippen molar-refractivity contribution in [1.82, 2.24) is 4.57 Å². The fourth-order valence-electron chi connectivity index (χ4n) is 1.39. The summed E-state index contributed by atoms with van der Waals surface area (Å²) in [4.78, 5) is 23.0. The number of rotatable bonds is 1. The maximum absolute atomic E-state index is 11.6. The summed E-state index contributed by atoms with van der Waals surface area (Å²) >= 11 is 0. The van der Waals surface area contributed by atoms with Gasteiger partial charge in [0.2, 0.25) is 0 Å². The lowest BCUT2D eigenvalue weighted by molar-refractivity contribution is 0.0965. The number of carbonyl (C=O) groups is 1. The van der Waals surface area contributed by atoms with Crippen LogP contribution in [-0.2, 0) is 0 Å². The summed E-state index contributed by atoms with van der Waals surface area (Å²) in [6.45, 7) is 1.71. The number of aromatic nitrogens is 1. The van der Waals surface area contributed by atoms with Crippen molar-refractivity contribution in [2.45, 2.75) is 6.92 Å². The molecule has 4 nitrogen and oxygen atoms in total. The van der Waals surface area contributed by atoms with Crippen molar-refractivity contribution in [3.05, 3.63) is 47.0 Å². The number of para-hydroxylation sites is 2.